The molecule has 5 heteroatoms. The summed E-state index contributed by atoms with van der Waals surface area (Å²) in [5.74, 6) is 1.80. The predicted molar refractivity (Wildman–Crippen MR) is 193 cm³/mol. The van der Waals surface area contributed by atoms with Crippen molar-refractivity contribution in [1.29, 1.82) is 0 Å². The number of aromatic nitrogens is 4. The smallest absolute Gasteiger partial charge is 0.164 e. The van der Waals surface area contributed by atoms with E-state index in [9.17, 15) is 0 Å². The minimum Gasteiger partial charge on any atom is -0.309 e. The molecule has 9 rings (SSSR count). The van der Waals surface area contributed by atoms with Gasteiger partial charge in [-0.2, -0.15) is 0 Å². The monoisotopic (exact) mass is 624 g/mol. The van der Waals surface area contributed by atoms with Gasteiger partial charge in [0.1, 0.15) is 0 Å². The second-order valence-electron chi connectivity index (χ2n) is 12.7. The number of fused-ring (bicyclic) bond motifs is 6. The number of halogens is 1. The van der Waals surface area contributed by atoms with Crippen LogP contribution in [0.25, 0.3) is 72.8 Å². The highest BCUT2D eigenvalue weighted by Crippen LogP contribution is 2.51. The fraction of sp³-hybridized carbons (Fsp3) is 0.0714. The molecule has 0 fully saturated rings. The molecule has 4 nitrogen and oxygen atoms in total. The van der Waals surface area contributed by atoms with Crippen molar-refractivity contribution < 1.29 is 0 Å². The molecule has 6 aromatic carbocycles. The number of nitrogens with zero attached hydrogens (tertiary/aromatic N) is 4. The van der Waals surface area contributed by atoms with Crippen molar-refractivity contribution in [2.45, 2.75) is 19.3 Å². The standard InChI is InChI=1S/C42H29ClN4/c1-42(2)35-19-11-9-17-31(35)33-24-34-32-18-10-12-20-37(32)47(38(34)25-36(33)42)30-22-28(21-29(43)23-30)41-45-39(26-13-5-3-6-14-26)44-40(46-41)27-15-7-4-8-16-27/h3-25H,1-2H3. The van der Waals surface area contributed by atoms with Crippen LogP contribution in [-0.4, -0.2) is 19.5 Å². The van der Waals surface area contributed by atoms with Gasteiger partial charge in [-0.15, -0.1) is 0 Å². The molecule has 1 aliphatic carbocycles. The van der Waals surface area contributed by atoms with Gasteiger partial charge in [0.2, 0.25) is 0 Å². The molecular weight excluding hydrogens is 596 g/mol. The van der Waals surface area contributed by atoms with Crippen LogP contribution in [0.1, 0.15) is 25.0 Å². The van der Waals surface area contributed by atoms with Crippen molar-refractivity contribution in [3.63, 3.8) is 0 Å². The molecule has 2 heterocycles. The van der Waals surface area contributed by atoms with E-state index >= 15 is 0 Å². The van der Waals surface area contributed by atoms with Crippen molar-refractivity contribution in [2.24, 2.45) is 0 Å². The minimum atomic E-state index is -0.118. The summed E-state index contributed by atoms with van der Waals surface area (Å²) in [6.07, 6.45) is 0. The maximum Gasteiger partial charge on any atom is 0.164 e. The van der Waals surface area contributed by atoms with Crippen LogP contribution in [0, 0.1) is 0 Å². The topological polar surface area (TPSA) is 43.6 Å². The molecule has 2 aromatic heterocycles. The average molecular weight is 625 g/mol. The van der Waals surface area contributed by atoms with Crippen molar-refractivity contribution in [3.8, 4) is 51.0 Å². The first kappa shape index (κ1) is 27.7. The van der Waals surface area contributed by atoms with Crippen LogP contribution in [0.5, 0.6) is 0 Å². The second-order valence-corrected chi connectivity index (χ2v) is 13.1. The van der Waals surface area contributed by atoms with Gasteiger partial charge in [0.05, 0.1) is 11.0 Å². The molecule has 0 saturated carbocycles. The fourth-order valence-electron chi connectivity index (χ4n) is 7.21. The Balaban J connectivity index is 1.28. The number of benzene rings is 6. The predicted octanol–water partition coefficient (Wildman–Crippen LogP) is 10.9. The largest absolute Gasteiger partial charge is 0.309 e. The highest BCUT2D eigenvalue weighted by molar-refractivity contribution is 6.31. The SMILES string of the molecule is CC1(C)c2ccccc2-c2cc3c4ccccc4n(-c4cc(Cl)cc(-c5nc(-c6ccccc6)nc(-c6ccccc6)n5)c4)c3cc21. The zero-order chi connectivity index (χ0) is 31.7. The number of rotatable bonds is 4. The molecule has 8 aromatic rings. The third-order valence-corrected chi connectivity index (χ3v) is 9.69. The molecule has 0 N–H and O–H groups in total. The first-order chi connectivity index (χ1) is 23.0. The highest BCUT2D eigenvalue weighted by atomic mass is 35.5. The molecule has 224 valence electrons. The molecule has 1 aliphatic rings. The van der Waals surface area contributed by atoms with Gasteiger partial charge in [-0.25, -0.2) is 15.0 Å². The lowest BCUT2D eigenvalue weighted by atomic mass is 9.82. The van der Waals surface area contributed by atoms with Crippen LogP contribution in [0.3, 0.4) is 0 Å². The lowest BCUT2D eigenvalue weighted by Crippen LogP contribution is -2.15. The molecule has 0 radical (unpaired) electrons. The lowest BCUT2D eigenvalue weighted by molar-refractivity contribution is 0.661. The van der Waals surface area contributed by atoms with E-state index in [1.807, 2.05) is 72.8 Å². The van der Waals surface area contributed by atoms with E-state index < -0.39 is 0 Å². The molecule has 47 heavy (non-hydrogen) atoms. The quantitative estimate of drug-likeness (QED) is 0.196. The Morgan fingerprint density at radius 3 is 1.79 bits per heavy atom. The zero-order valence-electron chi connectivity index (χ0n) is 25.9. The maximum absolute atomic E-state index is 6.95. The Bertz CT molecular complexity index is 2440. The number of para-hydroxylation sites is 1. The summed E-state index contributed by atoms with van der Waals surface area (Å²) in [5.41, 5.74) is 11.1. The molecule has 0 amide bonds. The van der Waals surface area contributed by atoms with E-state index in [1.54, 1.807) is 0 Å². The van der Waals surface area contributed by atoms with Gasteiger partial charge in [-0.3, -0.25) is 0 Å². The summed E-state index contributed by atoms with van der Waals surface area (Å²) in [4.78, 5) is 14.9. The van der Waals surface area contributed by atoms with Gasteiger partial charge >= 0.3 is 0 Å². The third kappa shape index (κ3) is 4.40. The summed E-state index contributed by atoms with van der Waals surface area (Å²) in [5, 5.41) is 3.03. The zero-order valence-corrected chi connectivity index (χ0v) is 26.7. The van der Waals surface area contributed by atoms with Gasteiger partial charge in [0.15, 0.2) is 17.5 Å². The van der Waals surface area contributed by atoms with E-state index in [1.165, 1.54) is 33.0 Å². The van der Waals surface area contributed by atoms with Crippen molar-refractivity contribution in [1.82, 2.24) is 19.5 Å². The minimum absolute atomic E-state index is 0.118. The van der Waals surface area contributed by atoms with Crippen LogP contribution in [0.2, 0.25) is 5.02 Å². The summed E-state index contributed by atoms with van der Waals surface area (Å²) in [6, 6.07) is 48.3. The summed E-state index contributed by atoms with van der Waals surface area (Å²) in [6.45, 7) is 4.65. The van der Waals surface area contributed by atoms with Gasteiger partial charge < -0.3 is 4.57 Å². The van der Waals surface area contributed by atoms with Crippen LogP contribution in [0.4, 0.5) is 0 Å². The first-order valence-electron chi connectivity index (χ1n) is 15.8. The van der Waals surface area contributed by atoms with Crippen LogP contribution in [-0.2, 0) is 5.41 Å². The van der Waals surface area contributed by atoms with Gasteiger partial charge in [-0.1, -0.05) is 129 Å². The average Bonchev–Trinajstić information content (AvgIpc) is 3.56. The van der Waals surface area contributed by atoms with Crippen LogP contribution >= 0.6 is 11.6 Å². The maximum atomic E-state index is 6.95. The van der Waals surface area contributed by atoms with Crippen molar-refractivity contribution in [3.05, 3.63) is 156 Å². The fourth-order valence-corrected chi connectivity index (χ4v) is 7.44. The van der Waals surface area contributed by atoms with Crippen LogP contribution in [0.15, 0.2) is 140 Å². The third-order valence-electron chi connectivity index (χ3n) is 9.47. The van der Waals surface area contributed by atoms with Gasteiger partial charge in [-0.05, 0) is 58.7 Å². The van der Waals surface area contributed by atoms with E-state index in [4.69, 9.17) is 26.6 Å². The highest BCUT2D eigenvalue weighted by Gasteiger charge is 2.36. The summed E-state index contributed by atoms with van der Waals surface area (Å²) < 4.78 is 2.33. The van der Waals surface area contributed by atoms with Crippen molar-refractivity contribution >= 4 is 33.4 Å². The molecule has 0 saturated heterocycles. The van der Waals surface area contributed by atoms with E-state index in [2.05, 4.69) is 85.1 Å². The molecule has 0 bridgehead atoms. The van der Waals surface area contributed by atoms with E-state index in [0.29, 0.717) is 22.5 Å². The summed E-state index contributed by atoms with van der Waals surface area (Å²) in [7, 11) is 0. The normalized spacial score (nSPS) is 13.2. The Morgan fingerprint density at radius 2 is 1.09 bits per heavy atom. The Hall–Kier alpha value is -5.58. The van der Waals surface area contributed by atoms with Crippen molar-refractivity contribution in [2.75, 3.05) is 0 Å². The molecular formula is C42H29ClN4. The van der Waals surface area contributed by atoms with Gasteiger partial charge in [0, 0.05) is 43.6 Å². The Labute approximate surface area is 278 Å². The lowest BCUT2D eigenvalue weighted by Gasteiger charge is -2.21. The summed E-state index contributed by atoms with van der Waals surface area (Å²) >= 11 is 6.95. The molecule has 0 spiro atoms. The molecule has 0 atom stereocenters. The Morgan fingerprint density at radius 1 is 0.489 bits per heavy atom. The van der Waals surface area contributed by atoms with Crippen LogP contribution < -0.4 is 0 Å². The first-order valence-corrected chi connectivity index (χ1v) is 16.2. The van der Waals surface area contributed by atoms with E-state index in [0.717, 1.165) is 33.4 Å². The Kier molecular flexibility index (Phi) is 6.18. The number of hydrogen-bond acceptors (Lipinski definition) is 3. The molecule has 0 aliphatic heterocycles. The second kappa shape index (κ2) is 10.5. The molecule has 0 unspecified atom stereocenters. The van der Waals surface area contributed by atoms with E-state index in [-0.39, 0.29) is 5.41 Å². The van der Waals surface area contributed by atoms with Gasteiger partial charge in [0.25, 0.3) is 0 Å². The number of hydrogen-bond donors (Lipinski definition) is 0.